The molecule has 3 aromatic heterocycles. The highest BCUT2D eigenvalue weighted by Crippen LogP contribution is 2.25. The summed E-state index contributed by atoms with van der Waals surface area (Å²) in [6, 6.07) is 0.367. The Balaban J connectivity index is 1.52. The van der Waals surface area contributed by atoms with Crippen LogP contribution in [0.1, 0.15) is 44.2 Å². The Bertz CT molecular complexity index is 1310. The summed E-state index contributed by atoms with van der Waals surface area (Å²) in [5.41, 5.74) is 6.11. The maximum Gasteiger partial charge on any atom is 0.326 e. The summed E-state index contributed by atoms with van der Waals surface area (Å²) in [7, 11) is 0. The van der Waals surface area contributed by atoms with Crippen molar-refractivity contribution in [2.75, 3.05) is 5.32 Å². The first-order valence-corrected chi connectivity index (χ1v) is 10.3. The number of fused-ring (bicyclic) bond motifs is 1. The second-order valence-corrected chi connectivity index (χ2v) is 8.12. The third-order valence-electron chi connectivity index (χ3n) is 5.72. The molecule has 6 N–H and O–H groups in total. The molecule has 2 saturated carbocycles. The number of carbonyl (C=O) groups excluding carboxylic acids is 1. The fourth-order valence-corrected chi connectivity index (χ4v) is 3.85. The predicted octanol–water partition coefficient (Wildman–Crippen LogP) is -1.09. The average Bonchev–Trinajstić information content (AvgIpc) is 3.37. The number of imidazole rings is 1. The number of aromatic amines is 2. The molecule has 2 aliphatic rings. The maximum absolute atomic E-state index is 11.4. The first kappa shape index (κ1) is 19.3. The molecule has 0 aromatic carbocycles. The minimum Gasteiger partial charge on any atom is -0.493 e. The van der Waals surface area contributed by atoms with Crippen LogP contribution in [0.3, 0.4) is 0 Å². The lowest BCUT2D eigenvalue weighted by Gasteiger charge is -2.27. The van der Waals surface area contributed by atoms with E-state index < -0.39 is 5.69 Å². The lowest BCUT2D eigenvalue weighted by Crippen LogP contribution is -2.34. The van der Waals surface area contributed by atoms with Gasteiger partial charge in [-0.2, -0.15) is 19.6 Å². The molecule has 5 rings (SSSR count). The highest BCUT2D eigenvalue weighted by atomic mass is 16.3. The molecule has 0 saturated heterocycles. The number of aromatic nitrogens is 6. The number of anilines is 1. The smallest absolute Gasteiger partial charge is 0.326 e. The number of hydrogen-bond acceptors (Lipinski definition) is 8. The average molecular weight is 425 g/mol. The predicted molar refractivity (Wildman–Crippen MR) is 110 cm³/mol. The Labute approximate surface area is 175 Å². The molecule has 0 unspecified atom stereocenters. The number of nitrogens with two attached hydrogens (primary N) is 1. The number of nitrogens with one attached hydrogen (secondary N) is 3. The van der Waals surface area contributed by atoms with Crippen molar-refractivity contribution < 1.29 is 9.90 Å². The quantitative estimate of drug-likeness (QED) is 0.344. The van der Waals surface area contributed by atoms with Crippen LogP contribution < -0.4 is 27.6 Å². The first-order valence-electron chi connectivity index (χ1n) is 10.3. The second-order valence-electron chi connectivity index (χ2n) is 8.12. The van der Waals surface area contributed by atoms with Crippen LogP contribution in [0, 0.1) is 5.92 Å². The molecule has 2 aliphatic carbocycles. The Morgan fingerprint density at radius 1 is 1.23 bits per heavy atom. The molecule has 0 atom stereocenters. The lowest BCUT2D eigenvalue weighted by atomic mass is 9.86. The molecule has 3 heterocycles. The largest absolute Gasteiger partial charge is 0.493 e. The van der Waals surface area contributed by atoms with E-state index in [2.05, 4.69) is 35.3 Å². The third-order valence-corrected chi connectivity index (χ3v) is 5.72. The zero-order chi connectivity index (χ0) is 21.5. The van der Waals surface area contributed by atoms with Crippen LogP contribution in [0.4, 0.5) is 5.95 Å². The van der Waals surface area contributed by atoms with E-state index in [1.807, 2.05) is 0 Å². The number of rotatable bonds is 5. The number of H-pyrrole nitrogens is 2. The summed E-state index contributed by atoms with van der Waals surface area (Å²) in [4.78, 5) is 41.5. The molecule has 0 radical (unpaired) electrons. The summed E-state index contributed by atoms with van der Waals surface area (Å²) in [5.74, 6) is -0.150. The van der Waals surface area contributed by atoms with Gasteiger partial charge >= 0.3 is 5.69 Å². The van der Waals surface area contributed by atoms with Crippen molar-refractivity contribution in [3.8, 4) is 5.88 Å². The Morgan fingerprint density at radius 3 is 2.65 bits per heavy atom. The van der Waals surface area contributed by atoms with Crippen LogP contribution in [-0.2, 0) is 4.79 Å². The topological polar surface area (TPSA) is 179 Å². The molecule has 162 valence electrons. The van der Waals surface area contributed by atoms with Crippen LogP contribution >= 0.6 is 0 Å². The monoisotopic (exact) mass is 425 g/mol. The van der Waals surface area contributed by atoms with Gasteiger partial charge in [0.2, 0.25) is 17.7 Å². The first-order chi connectivity index (χ1) is 15.0. The summed E-state index contributed by atoms with van der Waals surface area (Å²) >= 11 is 0. The number of carbonyl (C=O) groups is 1. The highest BCUT2D eigenvalue weighted by Gasteiger charge is 2.25. The summed E-state index contributed by atoms with van der Waals surface area (Å²) in [5, 5.41) is 18.2. The van der Waals surface area contributed by atoms with E-state index in [0.29, 0.717) is 22.4 Å². The van der Waals surface area contributed by atoms with E-state index in [1.54, 1.807) is 16.8 Å². The van der Waals surface area contributed by atoms with Gasteiger partial charge in [0.25, 0.3) is 5.62 Å². The van der Waals surface area contributed by atoms with Crippen molar-refractivity contribution in [2.45, 2.75) is 50.6 Å². The fourth-order valence-electron chi connectivity index (χ4n) is 3.85. The maximum atomic E-state index is 11.4. The minimum atomic E-state index is -0.506. The van der Waals surface area contributed by atoms with Gasteiger partial charge in [0, 0.05) is 17.2 Å². The number of amides is 1. The Kier molecular flexibility index (Phi) is 4.68. The number of hydrogen-bond donors (Lipinski definition) is 5. The second kappa shape index (κ2) is 7.52. The molecule has 12 nitrogen and oxygen atoms in total. The standard InChI is InChI=1S/C19H23N9O3/c20-14(29)9-1-3-11(4-2-9)22-17-25-15-10(7-13-16(30)26-19(31)24-13)8-21-28(15)18(27-17)23-12-5-6-12/h7-9,11-12,30H,1-6H2,(H2,20,29)(H,22,23,27)(H2,24,26,31)/b10-7+. The van der Waals surface area contributed by atoms with Crippen LogP contribution in [0.25, 0.3) is 11.7 Å². The lowest BCUT2D eigenvalue weighted by molar-refractivity contribution is -0.122. The molecule has 31 heavy (non-hydrogen) atoms. The van der Waals surface area contributed by atoms with Crippen molar-refractivity contribution in [1.29, 1.82) is 0 Å². The van der Waals surface area contributed by atoms with Gasteiger partial charge in [0.15, 0.2) is 5.65 Å². The van der Waals surface area contributed by atoms with E-state index in [9.17, 15) is 14.7 Å². The number of aromatic hydroxyl groups is 1. The van der Waals surface area contributed by atoms with Crippen molar-refractivity contribution in [2.24, 2.45) is 16.6 Å². The summed E-state index contributed by atoms with van der Waals surface area (Å²) in [6.07, 6.45) is 8.28. The molecule has 2 fully saturated rings. The van der Waals surface area contributed by atoms with Crippen LogP contribution in [0.15, 0.2) is 16.0 Å². The van der Waals surface area contributed by atoms with E-state index in [1.165, 1.54) is 0 Å². The van der Waals surface area contributed by atoms with Crippen molar-refractivity contribution in [1.82, 2.24) is 29.5 Å². The third kappa shape index (κ3) is 4.00. The molecule has 0 spiro atoms. The van der Waals surface area contributed by atoms with Gasteiger partial charge in [-0.3, -0.25) is 9.78 Å². The van der Waals surface area contributed by atoms with Gasteiger partial charge < -0.3 is 21.1 Å². The van der Waals surface area contributed by atoms with E-state index in [4.69, 9.17) is 5.73 Å². The molecule has 12 heteroatoms. The Morgan fingerprint density at radius 2 is 2.00 bits per heavy atom. The van der Waals surface area contributed by atoms with Crippen LogP contribution in [0.2, 0.25) is 0 Å². The van der Waals surface area contributed by atoms with Gasteiger partial charge in [0.05, 0.1) is 12.2 Å². The van der Waals surface area contributed by atoms with Gasteiger partial charge in [-0.25, -0.2) is 9.79 Å². The zero-order valence-corrected chi connectivity index (χ0v) is 16.7. The van der Waals surface area contributed by atoms with Crippen molar-refractivity contribution in [3.05, 3.63) is 33.2 Å². The highest BCUT2D eigenvalue weighted by molar-refractivity contribution is 5.76. The normalized spacial score (nSPS) is 22.8. The van der Waals surface area contributed by atoms with Gasteiger partial charge in [0.1, 0.15) is 5.69 Å². The molecule has 3 aromatic rings. The van der Waals surface area contributed by atoms with Crippen LogP contribution in [0.5, 0.6) is 5.88 Å². The van der Waals surface area contributed by atoms with Gasteiger partial charge in [-0.15, -0.1) is 0 Å². The van der Waals surface area contributed by atoms with E-state index in [-0.39, 0.29) is 35.5 Å². The van der Waals surface area contributed by atoms with Gasteiger partial charge in [-0.1, -0.05) is 0 Å². The molecule has 0 aliphatic heterocycles. The molecular weight excluding hydrogens is 402 g/mol. The number of nitrogens with zero attached hydrogens (tertiary/aromatic N) is 5. The molecule has 1 amide bonds. The van der Waals surface area contributed by atoms with Crippen molar-refractivity contribution in [3.63, 3.8) is 0 Å². The fraction of sp³-hybridized carbons (Fsp3) is 0.474. The van der Waals surface area contributed by atoms with E-state index in [0.717, 1.165) is 38.5 Å². The molecular formula is C19H23N9O3. The number of primary amides is 1. The van der Waals surface area contributed by atoms with Crippen LogP contribution in [-0.4, -0.2) is 52.6 Å². The summed E-state index contributed by atoms with van der Waals surface area (Å²) < 4.78 is 1.56. The zero-order valence-electron chi connectivity index (χ0n) is 16.7. The van der Waals surface area contributed by atoms with E-state index >= 15 is 0 Å². The SMILES string of the molecule is NC(=O)C1CCC(Nc2nc(=NC3CC3)n3nc/c(=C\c4[nH]c(=O)[nH]c4O)c3n2)CC1. The van der Waals surface area contributed by atoms with Gasteiger partial charge in [-0.05, 0) is 44.6 Å². The minimum absolute atomic E-state index is 0.0749. The molecule has 0 bridgehead atoms. The Hall–Kier alpha value is -3.70. The summed E-state index contributed by atoms with van der Waals surface area (Å²) in [6.45, 7) is 0. The van der Waals surface area contributed by atoms with Crippen molar-refractivity contribution >= 4 is 23.6 Å².